The predicted octanol–water partition coefficient (Wildman–Crippen LogP) is 14.3. The second-order valence-electron chi connectivity index (χ2n) is 39.9. The number of hydrogen-bond donors (Lipinski definition) is 10. The van der Waals surface area contributed by atoms with Crippen molar-refractivity contribution in [1.29, 1.82) is 10.8 Å². The molecule has 2 aliphatic heterocycles. The molecule has 7 aromatic rings. The van der Waals surface area contributed by atoms with Gasteiger partial charge in [-0.1, -0.05) is 92.7 Å². The molecular formula is C104H141N11O20S2. The molecule has 0 saturated carbocycles. The van der Waals surface area contributed by atoms with Crippen LogP contribution in [0.3, 0.4) is 0 Å². The summed E-state index contributed by atoms with van der Waals surface area (Å²) in [6.07, 6.45) is 1.69. The van der Waals surface area contributed by atoms with Crippen LogP contribution in [0.15, 0.2) is 113 Å². The van der Waals surface area contributed by atoms with Crippen LogP contribution in [0.1, 0.15) is 246 Å². The molecule has 744 valence electrons. The van der Waals surface area contributed by atoms with Crippen molar-refractivity contribution in [2.45, 2.75) is 297 Å². The molecule has 1 aromatic heterocycles. The second kappa shape index (κ2) is 46.7. The Labute approximate surface area is 806 Å². The molecule has 0 bridgehead atoms. The van der Waals surface area contributed by atoms with Crippen LogP contribution in [0.25, 0.3) is 22.0 Å². The van der Waals surface area contributed by atoms with Gasteiger partial charge in [-0.05, 0) is 283 Å². The van der Waals surface area contributed by atoms with Gasteiger partial charge in [-0.3, -0.25) is 53.7 Å². The summed E-state index contributed by atoms with van der Waals surface area (Å²) < 4.78 is 105. The van der Waals surface area contributed by atoms with E-state index < -0.39 is 151 Å². The van der Waals surface area contributed by atoms with Crippen molar-refractivity contribution < 1.29 is 93.1 Å². The highest BCUT2D eigenvalue weighted by molar-refractivity contribution is 7.90. The molecule has 31 nitrogen and oxygen atoms in total. The first kappa shape index (κ1) is 107. The maximum Gasteiger partial charge on any atom is 0.419 e. The summed E-state index contributed by atoms with van der Waals surface area (Å²) in [6.45, 7) is 35.0. The Kier molecular flexibility index (Phi) is 36.7. The highest BCUT2D eigenvalue weighted by Gasteiger charge is 2.40. The number of Topliss-reactive ketones (excluding diaryl/α,β-unsaturated/α-hetero) is 3. The summed E-state index contributed by atoms with van der Waals surface area (Å²) >= 11 is 0. The molecule has 0 fully saturated rings. The van der Waals surface area contributed by atoms with Gasteiger partial charge in [0.05, 0.1) is 53.3 Å². The Balaban J connectivity index is 0.849. The van der Waals surface area contributed by atoms with Crippen LogP contribution < -0.4 is 55.6 Å². The molecule has 1 aliphatic carbocycles. The number of carbonyl (C=O) groups excluding carboxylic acids is 9. The molecule has 33 heteroatoms. The first-order chi connectivity index (χ1) is 64.4. The van der Waals surface area contributed by atoms with Gasteiger partial charge >= 0.3 is 12.1 Å². The maximum atomic E-state index is 15.5. The number of para-hydroxylation sites is 1. The summed E-state index contributed by atoms with van der Waals surface area (Å²) in [6, 6.07) is 26.2. The molecule has 0 spiro atoms. The quantitative estimate of drug-likeness (QED) is 0.00733. The monoisotopic (exact) mass is 1930 g/mol. The number of benzene rings is 6. The topological polar surface area (TPSA) is 435 Å². The molecule has 3 aliphatic rings. The minimum Gasteiger partial charge on any atom is -0.488 e. The zero-order chi connectivity index (χ0) is 100. The lowest BCUT2D eigenvalue weighted by Crippen LogP contribution is -2.47. The van der Waals surface area contributed by atoms with Gasteiger partial charge in [0.2, 0.25) is 35.5 Å². The van der Waals surface area contributed by atoms with E-state index in [-0.39, 0.29) is 138 Å². The first-order valence-corrected chi connectivity index (χ1v) is 50.5. The lowest BCUT2D eigenvalue weighted by molar-refractivity contribution is -0.144. The number of sulfonamides is 2. The molecule has 10 rings (SSSR count). The largest absolute Gasteiger partial charge is 0.488 e. The van der Waals surface area contributed by atoms with Crippen LogP contribution in [-0.2, 0) is 103 Å². The van der Waals surface area contributed by atoms with E-state index >= 15 is 19.2 Å². The highest BCUT2D eigenvalue weighted by atomic mass is 32.2. The minimum absolute atomic E-state index is 0.00293. The van der Waals surface area contributed by atoms with E-state index in [2.05, 4.69) is 65.6 Å². The number of fused-ring (bicyclic) bond motifs is 6. The molecule has 3 heterocycles. The number of esters is 1. The van der Waals surface area contributed by atoms with Crippen molar-refractivity contribution in [1.82, 2.24) is 45.9 Å². The lowest BCUT2D eigenvalue weighted by Gasteiger charge is -2.35. The average molecular weight is 1930 g/mol. The zero-order valence-electron chi connectivity index (χ0n) is 83.0. The second-order valence-corrected chi connectivity index (χ2v) is 43.2. The number of rotatable bonds is 46. The van der Waals surface area contributed by atoms with E-state index in [0.717, 1.165) is 33.4 Å². The van der Waals surface area contributed by atoms with Gasteiger partial charge in [0.15, 0.2) is 17.3 Å². The summed E-state index contributed by atoms with van der Waals surface area (Å²) in [7, 11) is -8.77. The number of nitrogens with one attached hydrogen (secondary N) is 10. The summed E-state index contributed by atoms with van der Waals surface area (Å²) in [4.78, 5) is 130. The number of hydrogen-bond acceptors (Lipinski definition) is 22. The smallest absolute Gasteiger partial charge is 0.419 e. The van der Waals surface area contributed by atoms with E-state index in [9.17, 15) is 40.8 Å². The van der Waals surface area contributed by atoms with Crippen LogP contribution in [0.2, 0.25) is 0 Å². The molecule has 5 atom stereocenters. The normalized spacial score (nSPS) is 14.9. The number of nitrogens with zero attached hydrogens (tertiary/aromatic N) is 1. The molecule has 0 saturated heterocycles. The summed E-state index contributed by atoms with van der Waals surface area (Å²) in [5, 5.41) is 35.4. The van der Waals surface area contributed by atoms with Crippen molar-refractivity contribution in [3.8, 4) is 28.4 Å². The number of carbonyl (C=O) groups is 9. The lowest BCUT2D eigenvalue weighted by atomic mass is 9.88. The fourth-order valence-corrected chi connectivity index (χ4v) is 21.1. The summed E-state index contributed by atoms with van der Waals surface area (Å²) in [5.41, 5.74) is 8.39. The SMILES string of the molecule is CC(=O)N[C@@H](Cc1cn(C(=O)OC(C)(C)C)c2ccccc12)C(=O)C[C@@H](Cc1ccc(OC(C)(C)C)cc1)C(=O)N[C@@H](CCCNC(=N)NS(=O)(=O)c1c(C)c(C)c2c(c1C)CCC(C)(C)O2)C(=O)CCC(=O)N[C@@H](CCCNC(=N)NS(=O)(=O)c1c(C)c(C)c2c(c1C)CCC(C)(C)O2)C(=O)C[C@@H](CC(C)C)C(=O)NCCOCCOCCCC(=O)OCC1c2ccccc2-c2ccccc21. The first-order valence-electron chi connectivity index (χ1n) is 47.6. The third-order valence-electron chi connectivity index (χ3n) is 25.1. The maximum absolute atomic E-state index is 15.5. The Morgan fingerprint density at radius 1 is 0.533 bits per heavy atom. The average Bonchev–Trinajstić information content (AvgIpc) is 1.68. The van der Waals surface area contributed by atoms with Gasteiger partial charge in [-0.25, -0.2) is 31.1 Å². The number of ketones is 3. The highest BCUT2D eigenvalue weighted by Crippen LogP contribution is 2.47. The van der Waals surface area contributed by atoms with E-state index in [0.29, 0.717) is 105 Å². The van der Waals surface area contributed by atoms with Gasteiger partial charge in [0.25, 0.3) is 20.0 Å². The molecular weight excluding hydrogens is 1790 g/mol. The van der Waals surface area contributed by atoms with Crippen molar-refractivity contribution >= 4 is 95.9 Å². The van der Waals surface area contributed by atoms with Gasteiger partial charge in [-0.2, -0.15) is 0 Å². The Bertz CT molecular complexity index is 5800. The van der Waals surface area contributed by atoms with Gasteiger partial charge in [0, 0.05) is 101 Å². The van der Waals surface area contributed by atoms with Crippen molar-refractivity contribution in [3.05, 3.63) is 170 Å². The predicted molar refractivity (Wildman–Crippen MR) is 526 cm³/mol. The van der Waals surface area contributed by atoms with Gasteiger partial charge < -0.3 is 65.1 Å². The van der Waals surface area contributed by atoms with Crippen LogP contribution >= 0.6 is 0 Å². The fourth-order valence-electron chi connectivity index (χ4n) is 18.1. The van der Waals surface area contributed by atoms with Crippen LogP contribution in [0.5, 0.6) is 17.2 Å². The Morgan fingerprint density at radius 3 is 1.58 bits per heavy atom. The molecule has 4 amide bonds. The van der Waals surface area contributed by atoms with Crippen LogP contribution in [-0.4, -0.2) is 180 Å². The third kappa shape index (κ3) is 29.7. The zero-order valence-corrected chi connectivity index (χ0v) is 84.6. The fraction of sp³-hybridized carbons (Fsp3) is 0.529. The molecule has 0 radical (unpaired) electrons. The summed E-state index contributed by atoms with van der Waals surface area (Å²) in [5.74, 6) is -6.41. The number of amides is 4. The number of aromatic nitrogens is 1. The van der Waals surface area contributed by atoms with E-state index in [1.807, 2.05) is 86.6 Å². The number of ether oxygens (including phenoxy) is 7. The van der Waals surface area contributed by atoms with E-state index in [1.165, 1.54) is 11.5 Å². The minimum atomic E-state index is -4.40. The van der Waals surface area contributed by atoms with Crippen molar-refractivity contribution in [3.63, 3.8) is 0 Å². The molecule has 137 heavy (non-hydrogen) atoms. The molecule has 10 N–H and O–H groups in total. The molecule has 0 unspecified atom stereocenters. The van der Waals surface area contributed by atoms with Crippen molar-refractivity contribution in [2.24, 2.45) is 17.8 Å². The molecule has 6 aromatic carbocycles. The Hall–Kier alpha value is -11.6. The van der Waals surface area contributed by atoms with Gasteiger partial charge in [-0.15, -0.1) is 0 Å². The standard InChI is InChI=1S/C104H141N11O20S2/c1-62(2)55-71(96(122)107-50-52-130-54-53-129-51-28-37-91(121)131-61-82-80-32-22-20-30-78(80)79-31-21-23-33-81(79)82)58-88(118)84(35-27-49-109-99(106)114-137(127,128)95-66(6)64(4)93-76(68(95)8)45-47-104(18,19)134-93)111-90(120)43-42-87(117)83(34-26-48-108-98(105)113-136(125,126)94-65(5)63(3)92-75(67(94)7)44-46-103(16,17)133-92)112-97(123)72(56-70-38-40-74(41-39-70)132-101(10,11)12)59-89(119)85(110-69(9)116)57-73-60-115(100(124)135-102(13,14)15)86-36-25-24-29-77(73)86/h20-25,29-33,36,38-41,60,62,71-72,82-85H,26-28,34-35,37,42-59,61H2,1-19H3,(H,107,122)(H,110,116)(H,111,120)(H,112,123)(H3,105,108,113)(H3,106,109,114)/t71-,72-,83+,84+,85+/m1/s1. The van der Waals surface area contributed by atoms with Crippen molar-refractivity contribution in [2.75, 3.05) is 52.7 Å². The Morgan fingerprint density at radius 2 is 1.04 bits per heavy atom. The van der Waals surface area contributed by atoms with Gasteiger partial charge in [0.1, 0.15) is 46.3 Å². The van der Waals surface area contributed by atoms with Crippen LogP contribution in [0.4, 0.5) is 4.79 Å². The number of guanidine groups is 2. The van der Waals surface area contributed by atoms with E-state index in [1.54, 1.807) is 117 Å². The third-order valence-corrected chi connectivity index (χ3v) is 28.3. The van der Waals surface area contributed by atoms with E-state index in [4.69, 9.17) is 44.0 Å². The van der Waals surface area contributed by atoms with Crippen LogP contribution in [0, 0.1) is 70.1 Å².